The Balaban J connectivity index is 0.000000198. The molecule has 48 heavy (non-hydrogen) atoms. The molecule has 0 saturated heterocycles. The molecule has 0 aromatic heterocycles. The molecule has 0 aliphatic rings. The van der Waals surface area contributed by atoms with Gasteiger partial charge in [-0.05, 0) is 33.4 Å². The Kier molecular flexibility index (Phi) is 12.9. The first-order valence-electron chi connectivity index (χ1n) is 15.8. The number of hydrogen-bond acceptors (Lipinski definition) is 0. The van der Waals surface area contributed by atoms with Gasteiger partial charge in [0.2, 0.25) is 0 Å². The first-order chi connectivity index (χ1) is 22.5. The first kappa shape index (κ1) is 36.7. The van der Waals surface area contributed by atoms with Crippen molar-refractivity contribution in [3.8, 4) is 33.4 Å². The third kappa shape index (κ3) is 7.78. The maximum absolute atomic E-state index is 3.06. The van der Waals surface area contributed by atoms with Gasteiger partial charge >= 0.3 is 30.2 Å². The van der Waals surface area contributed by atoms with Crippen LogP contribution >= 0.6 is 0 Å². The fourth-order valence-electron chi connectivity index (χ4n) is 6.41. The van der Waals surface area contributed by atoms with E-state index in [1.165, 1.54) is 100 Å². The summed E-state index contributed by atoms with van der Waals surface area (Å²) < 4.78 is 0. The molecule has 8 rings (SSSR count). The van der Waals surface area contributed by atoms with Gasteiger partial charge in [-0.1, -0.05) is 153 Å². The second kappa shape index (κ2) is 16.8. The SMILES string of the molecule is CC(C)c1cc2c(-c3cccc4ccccc34)cccc2[cH-]1.Cc1cc2c(-c3ccccc3)cc(-c3ccccc3)cc2[cH-]1.[CH3-].[CH3-].[Si]=[Zr]. The molecule has 0 fully saturated rings. The fourth-order valence-corrected chi connectivity index (χ4v) is 6.41. The summed E-state index contributed by atoms with van der Waals surface area (Å²) in [4.78, 5) is 0. The van der Waals surface area contributed by atoms with Crippen LogP contribution in [0.3, 0.4) is 0 Å². The van der Waals surface area contributed by atoms with Gasteiger partial charge in [0.05, 0.1) is 0 Å². The zero-order valence-corrected chi connectivity index (χ0v) is 32.0. The van der Waals surface area contributed by atoms with Crippen molar-refractivity contribution in [1.29, 1.82) is 0 Å². The molecule has 2 heteroatoms. The third-order valence-electron chi connectivity index (χ3n) is 8.68. The van der Waals surface area contributed by atoms with Crippen LogP contribution in [0.1, 0.15) is 30.9 Å². The van der Waals surface area contributed by atoms with Gasteiger partial charge in [-0.15, -0.1) is 63.0 Å². The molecule has 0 amide bonds. The average molecular weight is 714 g/mol. The number of fused-ring (bicyclic) bond motifs is 3. The summed E-state index contributed by atoms with van der Waals surface area (Å²) in [6.07, 6.45) is 0. The van der Waals surface area contributed by atoms with E-state index in [1.54, 1.807) is 0 Å². The number of rotatable bonds is 4. The quantitative estimate of drug-likeness (QED) is 0.126. The van der Waals surface area contributed by atoms with E-state index in [0.29, 0.717) is 5.92 Å². The van der Waals surface area contributed by atoms with Gasteiger partial charge < -0.3 is 14.9 Å². The monoisotopic (exact) mass is 712 g/mol. The molecule has 0 bridgehead atoms. The van der Waals surface area contributed by atoms with E-state index in [1.807, 2.05) is 0 Å². The molecular weight excluding hydrogens is 672 g/mol. The fraction of sp³-hybridized carbons (Fsp3) is 0.0870. The Morgan fingerprint density at radius 3 is 1.73 bits per heavy atom. The average Bonchev–Trinajstić information content (AvgIpc) is 3.73. The van der Waals surface area contributed by atoms with Crippen LogP contribution < -0.4 is 0 Å². The summed E-state index contributed by atoms with van der Waals surface area (Å²) >= 11 is 1.36. The van der Waals surface area contributed by atoms with Crippen molar-refractivity contribution < 1.29 is 23.3 Å². The Morgan fingerprint density at radius 1 is 0.479 bits per heavy atom. The van der Waals surface area contributed by atoms with Crippen LogP contribution in [0.15, 0.2) is 158 Å². The van der Waals surface area contributed by atoms with Crippen LogP contribution in [0.4, 0.5) is 0 Å². The number of hydrogen-bond donors (Lipinski definition) is 0. The summed E-state index contributed by atoms with van der Waals surface area (Å²) in [5.41, 5.74) is 10.5. The molecule has 0 aliphatic carbocycles. The van der Waals surface area contributed by atoms with E-state index in [2.05, 4.69) is 185 Å². The van der Waals surface area contributed by atoms with Gasteiger partial charge in [-0.3, -0.25) is 0 Å². The summed E-state index contributed by atoms with van der Waals surface area (Å²) in [6.45, 7) is 9.74. The molecule has 0 unspecified atom stereocenters. The predicted molar refractivity (Wildman–Crippen MR) is 210 cm³/mol. The normalized spacial score (nSPS) is 10.4. The molecule has 0 atom stereocenters. The first-order valence-corrected chi connectivity index (χ1v) is 20.0. The van der Waals surface area contributed by atoms with Crippen LogP contribution in [0.25, 0.3) is 65.7 Å². The van der Waals surface area contributed by atoms with Gasteiger partial charge in [0.1, 0.15) is 0 Å². The molecule has 0 saturated carbocycles. The third-order valence-corrected chi connectivity index (χ3v) is 8.68. The van der Waals surface area contributed by atoms with Crippen LogP contribution in [-0.2, 0) is 23.3 Å². The molecule has 0 N–H and O–H groups in total. The van der Waals surface area contributed by atoms with Crippen LogP contribution in [-0.4, -0.2) is 6.88 Å². The van der Waals surface area contributed by atoms with Crippen molar-refractivity contribution in [2.24, 2.45) is 0 Å². The van der Waals surface area contributed by atoms with Crippen molar-refractivity contribution >= 4 is 39.2 Å². The zero-order valence-electron chi connectivity index (χ0n) is 28.6. The Labute approximate surface area is 304 Å². The second-order valence-corrected chi connectivity index (χ2v) is 12.1. The minimum atomic E-state index is 0. The van der Waals surface area contributed by atoms with Crippen molar-refractivity contribution in [3.63, 3.8) is 0 Å². The molecule has 0 nitrogen and oxygen atoms in total. The van der Waals surface area contributed by atoms with Gasteiger partial charge in [0.25, 0.3) is 0 Å². The zero-order chi connectivity index (χ0) is 32.0. The van der Waals surface area contributed by atoms with Crippen LogP contribution in [0, 0.1) is 21.8 Å². The van der Waals surface area contributed by atoms with Crippen molar-refractivity contribution in [2.45, 2.75) is 26.7 Å². The van der Waals surface area contributed by atoms with Crippen molar-refractivity contribution in [3.05, 3.63) is 184 Å². The van der Waals surface area contributed by atoms with Crippen LogP contribution in [0.2, 0.25) is 0 Å². The summed E-state index contributed by atoms with van der Waals surface area (Å²) in [7, 11) is 0. The molecule has 0 heterocycles. The Hall–Kier alpha value is -4.10. The van der Waals surface area contributed by atoms with Crippen molar-refractivity contribution in [2.75, 3.05) is 0 Å². The predicted octanol–water partition coefficient (Wildman–Crippen LogP) is 13.2. The minimum absolute atomic E-state index is 0. The molecule has 8 aromatic carbocycles. The van der Waals surface area contributed by atoms with E-state index in [4.69, 9.17) is 0 Å². The summed E-state index contributed by atoms with van der Waals surface area (Å²) in [6, 6.07) is 56.9. The summed E-state index contributed by atoms with van der Waals surface area (Å²) in [5.74, 6) is 0.563. The van der Waals surface area contributed by atoms with E-state index in [0.717, 1.165) is 0 Å². The molecule has 0 spiro atoms. The standard InChI is InChI=1S/C22H19.C22H17.2CH3.Si.Zr/c1-15(2)18-13-17-9-6-12-21(22(17)14-18)20-11-5-8-16-7-3-4-10-19(16)20;1-16-12-20-14-19(17-8-4-2-5-9-17)15-22(21(20)13-16)18-10-6-3-7-11-18;;;;/h3-15H,1-2H3;2-15H,1H3;2*1H3;;/q4*-1;;. The molecule has 238 valence electrons. The Morgan fingerprint density at radius 2 is 1.04 bits per heavy atom. The van der Waals surface area contributed by atoms with Gasteiger partial charge in [-0.25, -0.2) is 0 Å². The number of benzene rings is 6. The molecule has 2 radical (unpaired) electrons. The topological polar surface area (TPSA) is 0 Å². The number of aryl methyl sites for hydroxylation is 1. The molecular formula is C46H42SiZr-4. The van der Waals surface area contributed by atoms with Gasteiger partial charge in [0.15, 0.2) is 0 Å². The van der Waals surface area contributed by atoms with Gasteiger partial charge in [0, 0.05) is 0 Å². The molecule has 8 aromatic rings. The van der Waals surface area contributed by atoms with E-state index >= 15 is 0 Å². The summed E-state index contributed by atoms with van der Waals surface area (Å²) in [5, 5.41) is 7.98. The van der Waals surface area contributed by atoms with Gasteiger partial charge in [-0.2, -0.15) is 12.1 Å². The second-order valence-electron chi connectivity index (χ2n) is 12.1. The van der Waals surface area contributed by atoms with Crippen LogP contribution in [0.5, 0.6) is 0 Å². The van der Waals surface area contributed by atoms with Crippen molar-refractivity contribution in [1.82, 2.24) is 0 Å². The molecule has 0 aliphatic heterocycles. The Bertz CT molecular complexity index is 2210. The van der Waals surface area contributed by atoms with E-state index in [-0.39, 0.29) is 14.9 Å². The maximum atomic E-state index is 3.06. The van der Waals surface area contributed by atoms with E-state index in [9.17, 15) is 0 Å². The van der Waals surface area contributed by atoms with E-state index < -0.39 is 0 Å².